The fourth-order valence-corrected chi connectivity index (χ4v) is 1.13. The van der Waals surface area contributed by atoms with Crippen LogP contribution in [0.2, 0.25) is 0 Å². The number of nitrogens with zero attached hydrogens (tertiary/aromatic N) is 1. The van der Waals surface area contributed by atoms with E-state index in [1.807, 2.05) is 0 Å². The first-order valence-electron chi connectivity index (χ1n) is 3.92. The van der Waals surface area contributed by atoms with Gasteiger partial charge in [0.2, 0.25) is 0 Å². The largest absolute Gasteiger partial charge is 0.870 e. The molecular formula is C10H19NO2. The minimum atomic E-state index is 0. The lowest BCUT2D eigenvalue weighted by molar-refractivity contribution is -0.884. The van der Waals surface area contributed by atoms with E-state index in [0.717, 1.165) is 11.0 Å². The minimum absolute atomic E-state index is 0. The molecule has 1 aromatic carbocycles. The highest BCUT2D eigenvalue weighted by Crippen LogP contribution is 2.04. The van der Waals surface area contributed by atoms with Gasteiger partial charge in [-0.1, -0.05) is 30.3 Å². The van der Waals surface area contributed by atoms with Crippen LogP contribution in [0.1, 0.15) is 5.56 Å². The number of quaternary nitrogens is 1. The molecule has 0 atom stereocenters. The first-order chi connectivity index (χ1) is 5.08. The van der Waals surface area contributed by atoms with E-state index in [1.54, 1.807) is 0 Å². The average molecular weight is 185 g/mol. The Balaban J connectivity index is 0. The summed E-state index contributed by atoms with van der Waals surface area (Å²) >= 11 is 0. The van der Waals surface area contributed by atoms with Crippen molar-refractivity contribution in [1.82, 2.24) is 0 Å². The highest BCUT2D eigenvalue weighted by atomic mass is 16.0. The SMILES string of the molecule is C[N+](C)(C)Cc1ccccc1.O.[OH-]. The molecule has 0 radical (unpaired) electrons. The quantitative estimate of drug-likeness (QED) is 0.631. The van der Waals surface area contributed by atoms with Crippen LogP contribution in [-0.4, -0.2) is 36.6 Å². The second kappa shape index (κ2) is 5.70. The predicted molar refractivity (Wildman–Crippen MR) is 53.7 cm³/mol. The summed E-state index contributed by atoms with van der Waals surface area (Å²) in [6.45, 7) is 1.10. The third-order valence-electron chi connectivity index (χ3n) is 1.50. The van der Waals surface area contributed by atoms with Crippen molar-refractivity contribution in [1.29, 1.82) is 0 Å². The normalized spacial score (nSPS) is 9.77. The predicted octanol–water partition coefficient (Wildman–Crippen LogP) is 0.891. The van der Waals surface area contributed by atoms with E-state index < -0.39 is 0 Å². The molecule has 3 nitrogen and oxygen atoms in total. The summed E-state index contributed by atoms with van der Waals surface area (Å²) in [6.07, 6.45) is 0. The van der Waals surface area contributed by atoms with Crippen molar-refractivity contribution >= 4 is 0 Å². The van der Waals surface area contributed by atoms with Crippen LogP contribution in [-0.2, 0) is 6.54 Å². The zero-order chi connectivity index (χ0) is 8.32. The van der Waals surface area contributed by atoms with Crippen LogP contribution in [0.25, 0.3) is 0 Å². The maximum Gasteiger partial charge on any atom is 0.104 e. The Bertz CT molecular complexity index is 216. The van der Waals surface area contributed by atoms with Crippen LogP contribution in [0.15, 0.2) is 30.3 Å². The topological polar surface area (TPSA) is 61.5 Å². The van der Waals surface area contributed by atoms with E-state index in [-0.39, 0.29) is 11.0 Å². The molecular weight excluding hydrogens is 166 g/mol. The molecule has 3 heteroatoms. The maximum atomic E-state index is 2.20. The molecule has 0 heterocycles. The Hall–Kier alpha value is -0.900. The van der Waals surface area contributed by atoms with Gasteiger partial charge in [-0.15, -0.1) is 0 Å². The summed E-state index contributed by atoms with van der Waals surface area (Å²) in [5, 5.41) is 0. The van der Waals surface area contributed by atoms with E-state index in [1.165, 1.54) is 5.56 Å². The number of hydrogen-bond acceptors (Lipinski definition) is 1. The van der Waals surface area contributed by atoms with Crippen LogP contribution in [0.3, 0.4) is 0 Å². The van der Waals surface area contributed by atoms with Crippen LogP contribution in [0.4, 0.5) is 0 Å². The molecule has 0 aliphatic heterocycles. The lowest BCUT2D eigenvalue weighted by Gasteiger charge is -2.23. The van der Waals surface area contributed by atoms with Crippen molar-refractivity contribution in [2.24, 2.45) is 0 Å². The van der Waals surface area contributed by atoms with Gasteiger partial charge >= 0.3 is 0 Å². The molecule has 0 amide bonds. The summed E-state index contributed by atoms with van der Waals surface area (Å²) in [5.74, 6) is 0. The molecule has 1 aromatic rings. The van der Waals surface area contributed by atoms with Crippen LogP contribution in [0.5, 0.6) is 0 Å². The highest BCUT2D eigenvalue weighted by molar-refractivity contribution is 5.13. The fourth-order valence-electron chi connectivity index (χ4n) is 1.13. The van der Waals surface area contributed by atoms with Gasteiger partial charge in [0, 0.05) is 5.56 Å². The van der Waals surface area contributed by atoms with Gasteiger partial charge in [0.15, 0.2) is 0 Å². The van der Waals surface area contributed by atoms with E-state index in [4.69, 9.17) is 0 Å². The number of benzene rings is 1. The molecule has 0 bridgehead atoms. The minimum Gasteiger partial charge on any atom is -0.870 e. The van der Waals surface area contributed by atoms with Gasteiger partial charge in [0.05, 0.1) is 21.1 Å². The Labute approximate surface area is 79.8 Å². The van der Waals surface area contributed by atoms with Crippen molar-refractivity contribution < 1.29 is 15.4 Å². The molecule has 1 rings (SSSR count). The Morgan fingerprint density at radius 1 is 1.00 bits per heavy atom. The zero-order valence-corrected chi connectivity index (χ0v) is 8.49. The van der Waals surface area contributed by atoms with E-state index >= 15 is 0 Å². The molecule has 0 aliphatic carbocycles. The van der Waals surface area contributed by atoms with Gasteiger partial charge in [-0.25, -0.2) is 0 Å². The summed E-state index contributed by atoms with van der Waals surface area (Å²) in [4.78, 5) is 0. The van der Waals surface area contributed by atoms with Crippen LogP contribution < -0.4 is 0 Å². The van der Waals surface area contributed by atoms with Gasteiger partial charge in [-0.05, 0) is 0 Å². The second-order valence-electron chi connectivity index (χ2n) is 3.93. The summed E-state index contributed by atoms with van der Waals surface area (Å²) in [6, 6.07) is 10.6. The van der Waals surface area contributed by atoms with Crippen LogP contribution in [0, 0.1) is 0 Å². The standard InChI is InChI=1S/C10H16N.2H2O/c1-11(2,3)9-10-7-5-4-6-8-10;;/h4-8H,9H2,1-3H3;2*1H2/q+1;;/p-1. The smallest absolute Gasteiger partial charge is 0.104 e. The highest BCUT2D eigenvalue weighted by Gasteiger charge is 2.06. The van der Waals surface area contributed by atoms with E-state index in [9.17, 15) is 0 Å². The van der Waals surface area contributed by atoms with Gasteiger partial charge in [-0.3, -0.25) is 0 Å². The first kappa shape index (κ1) is 14.6. The molecule has 0 fully saturated rings. The fraction of sp³-hybridized carbons (Fsp3) is 0.400. The molecule has 76 valence electrons. The Morgan fingerprint density at radius 2 is 1.46 bits per heavy atom. The van der Waals surface area contributed by atoms with E-state index in [2.05, 4.69) is 51.5 Å². The Morgan fingerprint density at radius 3 is 1.85 bits per heavy atom. The van der Waals surface area contributed by atoms with Crippen molar-refractivity contribution in [3.05, 3.63) is 35.9 Å². The average Bonchev–Trinajstić information content (AvgIpc) is 1.85. The monoisotopic (exact) mass is 185 g/mol. The van der Waals surface area contributed by atoms with E-state index in [0.29, 0.717) is 0 Å². The molecule has 3 N–H and O–H groups in total. The maximum absolute atomic E-state index is 2.20. The first-order valence-corrected chi connectivity index (χ1v) is 3.92. The number of rotatable bonds is 2. The van der Waals surface area contributed by atoms with Gasteiger partial charge in [0.1, 0.15) is 6.54 Å². The zero-order valence-electron chi connectivity index (χ0n) is 8.49. The number of hydrogen-bond donors (Lipinski definition) is 0. The molecule has 0 aliphatic rings. The second-order valence-corrected chi connectivity index (χ2v) is 3.93. The molecule has 0 aromatic heterocycles. The lowest BCUT2D eigenvalue weighted by atomic mass is 10.2. The molecule has 13 heavy (non-hydrogen) atoms. The molecule has 0 unspecified atom stereocenters. The lowest BCUT2D eigenvalue weighted by Crippen LogP contribution is -2.33. The third-order valence-corrected chi connectivity index (χ3v) is 1.50. The van der Waals surface area contributed by atoms with Crippen molar-refractivity contribution in [3.8, 4) is 0 Å². The Kier molecular flexibility index (Phi) is 6.40. The molecule has 0 spiro atoms. The van der Waals surface area contributed by atoms with Crippen molar-refractivity contribution in [2.75, 3.05) is 21.1 Å². The summed E-state index contributed by atoms with van der Waals surface area (Å²) in [5.41, 5.74) is 1.40. The van der Waals surface area contributed by atoms with Gasteiger partial charge < -0.3 is 15.4 Å². The molecule has 0 saturated carbocycles. The summed E-state index contributed by atoms with van der Waals surface area (Å²) < 4.78 is 0.990. The van der Waals surface area contributed by atoms with Gasteiger partial charge in [0.25, 0.3) is 0 Å². The van der Waals surface area contributed by atoms with Crippen molar-refractivity contribution in [2.45, 2.75) is 6.54 Å². The van der Waals surface area contributed by atoms with Gasteiger partial charge in [-0.2, -0.15) is 0 Å². The van der Waals surface area contributed by atoms with Crippen LogP contribution >= 0.6 is 0 Å². The summed E-state index contributed by atoms with van der Waals surface area (Å²) in [7, 11) is 6.60. The third kappa shape index (κ3) is 6.28. The van der Waals surface area contributed by atoms with Crippen molar-refractivity contribution in [3.63, 3.8) is 0 Å². The molecule has 0 saturated heterocycles.